The molecule has 0 saturated carbocycles. The van der Waals surface area contributed by atoms with Crippen molar-refractivity contribution in [1.29, 1.82) is 0 Å². The zero-order valence-corrected chi connectivity index (χ0v) is 17.2. The van der Waals surface area contributed by atoms with Crippen molar-refractivity contribution in [2.45, 2.75) is 6.92 Å². The molecule has 0 aliphatic carbocycles. The van der Waals surface area contributed by atoms with Crippen LogP contribution in [0.1, 0.15) is 15.9 Å². The predicted molar refractivity (Wildman–Crippen MR) is 125 cm³/mol. The Morgan fingerprint density at radius 3 is 2.38 bits per heavy atom. The standard InChI is InChI=1S/C27H18FNO3/c1-16-8-6-14-21-24(30)23(19-13-7-10-17-9-2-3-11-18(17)19)27(32-25(16)21)29-26(31)20-12-4-5-15-22(20)28/h2-15H,1H3,(H,29,31). The summed E-state index contributed by atoms with van der Waals surface area (Å²) in [5, 5.41) is 4.85. The molecular weight excluding hydrogens is 405 g/mol. The molecule has 5 aromatic rings. The van der Waals surface area contributed by atoms with Crippen molar-refractivity contribution in [3.63, 3.8) is 0 Å². The van der Waals surface area contributed by atoms with Crippen molar-refractivity contribution in [1.82, 2.24) is 0 Å². The van der Waals surface area contributed by atoms with E-state index >= 15 is 0 Å². The second-order valence-electron chi connectivity index (χ2n) is 7.55. The SMILES string of the molecule is Cc1cccc2c(=O)c(-c3cccc4ccccc34)c(NC(=O)c3ccccc3F)oc12. The van der Waals surface area contributed by atoms with Crippen LogP contribution in [0.25, 0.3) is 32.9 Å². The number of benzene rings is 4. The smallest absolute Gasteiger partial charge is 0.260 e. The molecule has 0 spiro atoms. The Labute approximate surface area is 182 Å². The third-order valence-corrected chi connectivity index (χ3v) is 5.52. The largest absolute Gasteiger partial charge is 0.439 e. The maximum atomic E-state index is 14.2. The molecule has 0 bridgehead atoms. The van der Waals surface area contributed by atoms with E-state index in [9.17, 15) is 14.0 Å². The molecule has 156 valence electrons. The minimum absolute atomic E-state index is 0.0126. The molecule has 0 radical (unpaired) electrons. The van der Waals surface area contributed by atoms with Crippen LogP contribution in [0.4, 0.5) is 10.3 Å². The van der Waals surface area contributed by atoms with E-state index in [0.29, 0.717) is 16.5 Å². The lowest BCUT2D eigenvalue weighted by atomic mass is 9.97. The Kier molecular flexibility index (Phi) is 4.79. The Morgan fingerprint density at radius 2 is 1.53 bits per heavy atom. The number of anilines is 1. The Bertz CT molecular complexity index is 1560. The lowest BCUT2D eigenvalue weighted by Gasteiger charge is -2.14. The summed E-state index contributed by atoms with van der Waals surface area (Å²) < 4.78 is 20.3. The highest BCUT2D eigenvalue weighted by atomic mass is 19.1. The summed E-state index contributed by atoms with van der Waals surface area (Å²) in [6, 6.07) is 24.3. The second-order valence-corrected chi connectivity index (χ2v) is 7.55. The predicted octanol–water partition coefficient (Wildman–Crippen LogP) is 6.31. The molecule has 0 aliphatic rings. The van der Waals surface area contributed by atoms with Crippen molar-refractivity contribution in [3.05, 3.63) is 112 Å². The van der Waals surface area contributed by atoms with Gasteiger partial charge in [-0.25, -0.2) is 4.39 Å². The van der Waals surface area contributed by atoms with Gasteiger partial charge in [-0.2, -0.15) is 0 Å². The molecule has 5 heteroatoms. The summed E-state index contributed by atoms with van der Waals surface area (Å²) in [7, 11) is 0. The van der Waals surface area contributed by atoms with E-state index in [2.05, 4.69) is 5.32 Å². The van der Waals surface area contributed by atoms with Crippen LogP contribution >= 0.6 is 0 Å². The molecule has 5 rings (SSSR count). The lowest BCUT2D eigenvalue weighted by Crippen LogP contribution is -2.17. The molecule has 0 atom stereocenters. The van der Waals surface area contributed by atoms with Crippen LogP contribution in [-0.4, -0.2) is 5.91 Å². The van der Waals surface area contributed by atoms with E-state index in [1.807, 2.05) is 55.5 Å². The molecule has 4 aromatic carbocycles. The van der Waals surface area contributed by atoms with Gasteiger partial charge in [-0.05, 0) is 47.0 Å². The number of aryl methyl sites for hydroxylation is 1. The van der Waals surface area contributed by atoms with Crippen LogP contribution in [0.3, 0.4) is 0 Å². The quantitative estimate of drug-likeness (QED) is 0.370. The number of carbonyl (C=O) groups is 1. The monoisotopic (exact) mass is 423 g/mol. The fourth-order valence-electron chi connectivity index (χ4n) is 3.95. The van der Waals surface area contributed by atoms with E-state index in [1.54, 1.807) is 18.2 Å². The number of fused-ring (bicyclic) bond motifs is 2. The fraction of sp³-hybridized carbons (Fsp3) is 0.0370. The van der Waals surface area contributed by atoms with Crippen LogP contribution in [0.15, 0.2) is 94.1 Å². The first-order valence-corrected chi connectivity index (χ1v) is 10.1. The lowest BCUT2D eigenvalue weighted by molar-refractivity contribution is 0.102. The summed E-state index contributed by atoms with van der Waals surface area (Å²) >= 11 is 0. The normalized spacial score (nSPS) is 11.1. The summed E-state index contributed by atoms with van der Waals surface area (Å²) in [6.07, 6.45) is 0. The molecule has 1 amide bonds. The van der Waals surface area contributed by atoms with Gasteiger partial charge in [0.2, 0.25) is 11.3 Å². The van der Waals surface area contributed by atoms with Crippen molar-refractivity contribution >= 4 is 33.5 Å². The van der Waals surface area contributed by atoms with Gasteiger partial charge in [0.05, 0.1) is 16.5 Å². The highest BCUT2D eigenvalue weighted by Gasteiger charge is 2.22. The van der Waals surface area contributed by atoms with Gasteiger partial charge in [0, 0.05) is 0 Å². The van der Waals surface area contributed by atoms with Gasteiger partial charge >= 0.3 is 0 Å². The number of halogens is 1. The van der Waals surface area contributed by atoms with Gasteiger partial charge in [0.15, 0.2) is 0 Å². The third kappa shape index (κ3) is 3.24. The molecule has 1 N–H and O–H groups in total. The molecule has 32 heavy (non-hydrogen) atoms. The topological polar surface area (TPSA) is 59.3 Å². The van der Waals surface area contributed by atoms with E-state index in [-0.39, 0.29) is 22.4 Å². The van der Waals surface area contributed by atoms with Gasteiger partial charge < -0.3 is 4.42 Å². The Morgan fingerprint density at radius 1 is 0.844 bits per heavy atom. The van der Waals surface area contributed by atoms with Crippen molar-refractivity contribution in [2.75, 3.05) is 5.32 Å². The Balaban J connectivity index is 1.80. The van der Waals surface area contributed by atoms with Gasteiger partial charge in [-0.15, -0.1) is 0 Å². The minimum Gasteiger partial charge on any atom is -0.439 e. The van der Waals surface area contributed by atoms with E-state index in [0.717, 1.165) is 16.3 Å². The van der Waals surface area contributed by atoms with E-state index < -0.39 is 11.7 Å². The van der Waals surface area contributed by atoms with Crippen LogP contribution in [0.2, 0.25) is 0 Å². The van der Waals surface area contributed by atoms with E-state index in [4.69, 9.17) is 4.42 Å². The maximum absolute atomic E-state index is 14.2. The molecule has 1 heterocycles. The van der Waals surface area contributed by atoms with Crippen LogP contribution < -0.4 is 10.7 Å². The second kappa shape index (κ2) is 7.78. The van der Waals surface area contributed by atoms with Gasteiger partial charge in [0.25, 0.3) is 5.91 Å². The highest BCUT2D eigenvalue weighted by Crippen LogP contribution is 2.34. The summed E-state index contributed by atoms with van der Waals surface area (Å²) in [5.74, 6) is -1.36. The Hall–Kier alpha value is -4.25. The number of hydrogen-bond acceptors (Lipinski definition) is 3. The zero-order valence-electron chi connectivity index (χ0n) is 17.2. The molecule has 1 aromatic heterocycles. The summed E-state index contributed by atoms with van der Waals surface area (Å²) in [6.45, 7) is 1.82. The average Bonchev–Trinajstić information content (AvgIpc) is 2.80. The highest BCUT2D eigenvalue weighted by molar-refractivity contribution is 6.08. The molecule has 0 unspecified atom stereocenters. The van der Waals surface area contributed by atoms with Crippen LogP contribution in [-0.2, 0) is 0 Å². The number of nitrogens with one attached hydrogen (secondary N) is 1. The first kappa shape index (κ1) is 19.7. The molecule has 0 saturated heterocycles. The van der Waals surface area contributed by atoms with Crippen molar-refractivity contribution in [3.8, 4) is 11.1 Å². The fourth-order valence-corrected chi connectivity index (χ4v) is 3.95. The first-order chi connectivity index (χ1) is 15.5. The molecule has 4 nitrogen and oxygen atoms in total. The first-order valence-electron chi connectivity index (χ1n) is 10.1. The van der Waals surface area contributed by atoms with Gasteiger partial charge in [-0.1, -0.05) is 66.7 Å². The molecule has 0 fully saturated rings. The number of amides is 1. The van der Waals surface area contributed by atoms with Gasteiger partial charge in [0.1, 0.15) is 11.4 Å². The molecular formula is C27H18FNO3. The maximum Gasteiger partial charge on any atom is 0.260 e. The average molecular weight is 423 g/mol. The van der Waals surface area contributed by atoms with Gasteiger partial charge in [-0.3, -0.25) is 14.9 Å². The molecule has 0 aliphatic heterocycles. The minimum atomic E-state index is -0.694. The number of carbonyl (C=O) groups excluding carboxylic acids is 1. The van der Waals surface area contributed by atoms with Crippen LogP contribution in [0.5, 0.6) is 0 Å². The van der Waals surface area contributed by atoms with E-state index in [1.165, 1.54) is 18.2 Å². The number of rotatable bonds is 3. The van der Waals surface area contributed by atoms with Crippen LogP contribution in [0, 0.1) is 12.7 Å². The van der Waals surface area contributed by atoms with Crippen molar-refractivity contribution < 1.29 is 13.6 Å². The zero-order chi connectivity index (χ0) is 22.2. The number of hydrogen-bond donors (Lipinski definition) is 1. The summed E-state index contributed by atoms with van der Waals surface area (Å²) in [5.41, 5.74) is 1.59. The number of para-hydroxylation sites is 1. The summed E-state index contributed by atoms with van der Waals surface area (Å²) in [4.78, 5) is 26.5. The van der Waals surface area contributed by atoms with Crippen molar-refractivity contribution in [2.24, 2.45) is 0 Å². The third-order valence-electron chi connectivity index (χ3n) is 5.52.